The first-order valence-corrected chi connectivity index (χ1v) is 10.9. The van der Waals surface area contributed by atoms with Crippen LogP contribution >= 0.6 is 15.9 Å². The molecule has 2 heterocycles. The number of ether oxygens (including phenoxy) is 1. The lowest BCUT2D eigenvalue weighted by Gasteiger charge is -2.44. The van der Waals surface area contributed by atoms with Crippen LogP contribution in [0.3, 0.4) is 0 Å². The van der Waals surface area contributed by atoms with Gasteiger partial charge in [0, 0.05) is 40.5 Å². The van der Waals surface area contributed by atoms with Crippen molar-refractivity contribution in [1.82, 2.24) is 4.98 Å². The number of benzene rings is 1. The number of nitrogens with two attached hydrogens (primary N) is 1. The van der Waals surface area contributed by atoms with Gasteiger partial charge < -0.3 is 10.5 Å². The Labute approximate surface area is 179 Å². The van der Waals surface area contributed by atoms with Crippen molar-refractivity contribution in [3.8, 4) is 11.1 Å². The summed E-state index contributed by atoms with van der Waals surface area (Å²) in [7, 11) is 1.81. The quantitative estimate of drug-likeness (QED) is 0.721. The number of methoxy groups -OCH3 is 1. The molecule has 29 heavy (non-hydrogen) atoms. The average molecular weight is 453 g/mol. The van der Waals surface area contributed by atoms with Gasteiger partial charge in [-0.2, -0.15) is 0 Å². The molecule has 5 nitrogen and oxygen atoms in total. The van der Waals surface area contributed by atoms with E-state index in [2.05, 4.69) is 45.2 Å². The fourth-order valence-electron chi connectivity index (χ4n) is 5.42. The third-order valence-electron chi connectivity index (χ3n) is 7.00. The lowest BCUT2D eigenvalue weighted by Crippen LogP contribution is -2.43. The maximum absolute atomic E-state index is 6.28. The van der Waals surface area contributed by atoms with Crippen molar-refractivity contribution in [3.05, 3.63) is 52.3 Å². The molecule has 3 aliphatic rings. The number of hydrogen-bond acceptors (Lipinski definition) is 5. The van der Waals surface area contributed by atoms with E-state index in [4.69, 9.17) is 20.5 Å². The summed E-state index contributed by atoms with van der Waals surface area (Å²) >= 11 is 3.53. The van der Waals surface area contributed by atoms with E-state index in [1.165, 1.54) is 11.1 Å². The molecule has 1 saturated carbocycles. The molecule has 0 amide bonds. The number of pyridine rings is 1. The Hall–Kier alpha value is -2.05. The number of rotatable bonds is 2. The van der Waals surface area contributed by atoms with Gasteiger partial charge in [0.1, 0.15) is 5.84 Å². The molecule has 1 aliphatic heterocycles. The zero-order valence-corrected chi connectivity index (χ0v) is 18.4. The van der Waals surface area contributed by atoms with Crippen molar-refractivity contribution < 1.29 is 4.74 Å². The molecular weight excluding hydrogens is 428 g/mol. The molecular formula is C23H25BrN4O. The van der Waals surface area contributed by atoms with Crippen LogP contribution in [0.25, 0.3) is 11.1 Å². The maximum Gasteiger partial charge on any atom is 0.184 e. The first-order chi connectivity index (χ1) is 14.0. The zero-order chi connectivity index (χ0) is 20.2. The van der Waals surface area contributed by atoms with Crippen LogP contribution in [0.1, 0.15) is 43.7 Å². The molecule has 2 spiro atoms. The van der Waals surface area contributed by atoms with Gasteiger partial charge in [-0.1, -0.05) is 12.1 Å². The normalized spacial score (nSPS) is 30.5. The predicted molar refractivity (Wildman–Crippen MR) is 119 cm³/mol. The molecule has 1 aromatic carbocycles. The first-order valence-electron chi connectivity index (χ1n) is 10.2. The Morgan fingerprint density at radius 1 is 1.10 bits per heavy atom. The molecule has 2 N–H and O–H groups in total. The summed E-state index contributed by atoms with van der Waals surface area (Å²) in [4.78, 5) is 14.5. The molecule has 1 fully saturated rings. The highest BCUT2D eigenvalue weighted by Gasteiger charge is 2.60. The Bertz CT molecular complexity index is 1020. The number of aromatic nitrogens is 1. The first kappa shape index (κ1) is 18.9. The van der Waals surface area contributed by atoms with E-state index in [1.54, 1.807) is 6.20 Å². The van der Waals surface area contributed by atoms with E-state index in [-0.39, 0.29) is 5.41 Å². The van der Waals surface area contributed by atoms with Gasteiger partial charge in [-0.05, 0) is 78.2 Å². The smallest absolute Gasteiger partial charge is 0.184 e. The molecule has 150 valence electrons. The van der Waals surface area contributed by atoms with Gasteiger partial charge in [-0.15, -0.1) is 0 Å². The summed E-state index contributed by atoms with van der Waals surface area (Å²) in [5.41, 5.74) is 11.2. The second-order valence-corrected chi connectivity index (χ2v) is 9.44. The summed E-state index contributed by atoms with van der Waals surface area (Å²) in [6, 6.07) is 8.79. The van der Waals surface area contributed by atoms with Crippen LogP contribution in [0.4, 0.5) is 0 Å². The highest BCUT2D eigenvalue weighted by atomic mass is 79.9. The summed E-state index contributed by atoms with van der Waals surface area (Å²) < 4.78 is 6.61. The minimum atomic E-state index is -0.606. The molecule has 6 heteroatoms. The van der Waals surface area contributed by atoms with Gasteiger partial charge in [0.25, 0.3) is 0 Å². The van der Waals surface area contributed by atoms with Crippen molar-refractivity contribution in [2.75, 3.05) is 7.11 Å². The zero-order valence-electron chi connectivity index (χ0n) is 16.8. The number of halogens is 1. The lowest BCUT2D eigenvalue weighted by atomic mass is 9.65. The van der Waals surface area contributed by atoms with Crippen molar-refractivity contribution in [2.24, 2.45) is 21.1 Å². The third-order valence-corrected chi connectivity index (χ3v) is 7.43. The maximum atomic E-state index is 6.28. The fraction of sp³-hybridized carbons (Fsp3) is 0.435. The molecule has 0 bridgehead atoms. The predicted octanol–water partition coefficient (Wildman–Crippen LogP) is 4.63. The molecule has 0 saturated heterocycles. The van der Waals surface area contributed by atoms with Gasteiger partial charge in [-0.25, -0.2) is 4.99 Å². The minimum absolute atomic E-state index is 0.0269. The van der Waals surface area contributed by atoms with Crippen LogP contribution < -0.4 is 5.73 Å². The van der Waals surface area contributed by atoms with E-state index in [0.717, 1.165) is 53.4 Å². The number of hydrogen-bond donors (Lipinski definition) is 1. The third kappa shape index (κ3) is 2.80. The number of amidine groups is 1. The highest BCUT2D eigenvalue weighted by molar-refractivity contribution is 9.10. The Morgan fingerprint density at radius 2 is 1.90 bits per heavy atom. The van der Waals surface area contributed by atoms with E-state index in [1.807, 2.05) is 20.2 Å². The Balaban J connectivity index is 1.65. The molecule has 1 aromatic heterocycles. The van der Waals surface area contributed by atoms with Crippen LogP contribution in [-0.2, 0) is 16.8 Å². The van der Waals surface area contributed by atoms with Gasteiger partial charge in [0.2, 0.25) is 0 Å². The van der Waals surface area contributed by atoms with E-state index >= 15 is 0 Å². The molecule has 5 rings (SSSR count). The number of aliphatic imine (C=N–C) groups is 2. The number of fused-ring (bicyclic) bond motifs is 3. The van der Waals surface area contributed by atoms with Crippen LogP contribution in [0.5, 0.6) is 0 Å². The second kappa shape index (κ2) is 6.74. The summed E-state index contributed by atoms with van der Waals surface area (Å²) in [5.74, 6) is 0.570. The van der Waals surface area contributed by atoms with Crippen LogP contribution in [-0.4, -0.2) is 29.7 Å². The van der Waals surface area contributed by atoms with Crippen molar-refractivity contribution >= 4 is 27.5 Å². The standard InChI is InChI=1S/C23H25BrN4O/c1-14-21(25)28-23(27-14)20-10-15(17-9-18(24)13-26-12-17)3-4-16(20)11-22(23)7-5-19(29-2)6-8-22/h3-4,9-10,12-13,19H,5-8,11H2,1-2H3,(H2,25,28). The van der Waals surface area contributed by atoms with Crippen molar-refractivity contribution in [1.29, 1.82) is 0 Å². The van der Waals surface area contributed by atoms with Gasteiger partial charge in [-0.3, -0.25) is 9.98 Å². The average Bonchev–Trinajstić information content (AvgIpc) is 3.16. The van der Waals surface area contributed by atoms with E-state index in [0.29, 0.717) is 11.9 Å². The fourth-order valence-corrected chi connectivity index (χ4v) is 5.79. The van der Waals surface area contributed by atoms with Gasteiger partial charge in [0.15, 0.2) is 5.66 Å². The van der Waals surface area contributed by atoms with Crippen molar-refractivity contribution in [3.63, 3.8) is 0 Å². The van der Waals surface area contributed by atoms with Gasteiger partial charge in [0.05, 0.1) is 11.8 Å². The molecule has 2 aliphatic carbocycles. The Kier molecular flexibility index (Phi) is 4.40. The largest absolute Gasteiger partial charge is 0.382 e. The molecule has 1 unspecified atom stereocenters. The summed E-state index contributed by atoms with van der Waals surface area (Å²) in [5, 5.41) is 0. The lowest BCUT2D eigenvalue weighted by molar-refractivity contribution is -0.000372. The monoisotopic (exact) mass is 452 g/mol. The minimum Gasteiger partial charge on any atom is -0.382 e. The summed E-state index contributed by atoms with van der Waals surface area (Å²) in [6.45, 7) is 1.97. The van der Waals surface area contributed by atoms with E-state index < -0.39 is 5.66 Å². The van der Waals surface area contributed by atoms with Crippen molar-refractivity contribution in [2.45, 2.75) is 50.8 Å². The molecule has 1 atom stereocenters. The second-order valence-electron chi connectivity index (χ2n) is 8.52. The summed E-state index contributed by atoms with van der Waals surface area (Å²) in [6.07, 6.45) is 9.19. The van der Waals surface area contributed by atoms with Gasteiger partial charge >= 0.3 is 0 Å². The van der Waals surface area contributed by atoms with Crippen LogP contribution in [0.2, 0.25) is 0 Å². The molecule has 0 radical (unpaired) electrons. The topological polar surface area (TPSA) is 72.9 Å². The highest BCUT2D eigenvalue weighted by Crippen LogP contribution is 2.62. The molecule has 2 aromatic rings. The van der Waals surface area contributed by atoms with Crippen LogP contribution in [0.15, 0.2) is 51.1 Å². The SMILES string of the molecule is COC1CCC2(CC1)Cc1ccc(-c3cncc(Br)c3)cc1C21N=C(C)C(N)=N1. The van der Waals surface area contributed by atoms with Crippen LogP contribution in [0, 0.1) is 5.41 Å². The Morgan fingerprint density at radius 3 is 2.55 bits per heavy atom. The van der Waals surface area contributed by atoms with E-state index in [9.17, 15) is 0 Å². The number of nitrogens with zero attached hydrogens (tertiary/aromatic N) is 3.